The van der Waals surface area contributed by atoms with Crippen LogP contribution in [0.4, 0.5) is 0 Å². The van der Waals surface area contributed by atoms with Crippen LogP contribution in [0.15, 0.2) is 43.0 Å². The number of ether oxygens (including phenoxy) is 1. The molecule has 0 saturated heterocycles. The molecule has 0 bridgehead atoms. The van der Waals surface area contributed by atoms with Crippen LogP contribution in [0.5, 0.6) is 5.75 Å². The van der Waals surface area contributed by atoms with Crippen molar-refractivity contribution in [1.82, 2.24) is 0 Å². The van der Waals surface area contributed by atoms with Crippen molar-refractivity contribution in [2.45, 2.75) is 0 Å². The highest BCUT2D eigenvalue weighted by molar-refractivity contribution is 5.92. The van der Waals surface area contributed by atoms with Gasteiger partial charge in [-0.15, -0.1) is 0 Å². The highest BCUT2D eigenvalue weighted by Gasteiger charge is 1.92. The predicted molar refractivity (Wildman–Crippen MR) is 49.9 cm³/mol. The first-order valence-corrected chi connectivity index (χ1v) is 3.70. The minimum absolute atomic E-state index is 0.285. The van der Waals surface area contributed by atoms with Gasteiger partial charge >= 0.3 is 0 Å². The SMILES string of the molecule is C=CC(=N)COc1ccccc1. The fraction of sp³-hybridized carbons (Fsp3) is 0.100. The van der Waals surface area contributed by atoms with E-state index in [1.807, 2.05) is 30.3 Å². The molecule has 0 saturated carbocycles. The van der Waals surface area contributed by atoms with Crippen LogP contribution in [0, 0.1) is 5.41 Å². The van der Waals surface area contributed by atoms with Gasteiger partial charge in [-0.1, -0.05) is 24.8 Å². The van der Waals surface area contributed by atoms with E-state index < -0.39 is 0 Å². The van der Waals surface area contributed by atoms with Crippen molar-refractivity contribution in [2.75, 3.05) is 6.61 Å². The molecular formula is C10H11NO. The zero-order chi connectivity index (χ0) is 8.81. The number of hydrogen-bond acceptors (Lipinski definition) is 2. The minimum atomic E-state index is 0.285. The van der Waals surface area contributed by atoms with Gasteiger partial charge in [0.15, 0.2) is 0 Å². The second-order valence-electron chi connectivity index (χ2n) is 2.33. The molecule has 0 amide bonds. The third kappa shape index (κ3) is 2.58. The summed E-state index contributed by atoms with van der Waals surface area (Å²) >= 11 is 0. The van der Waals surface area contributed by atoms with E-state index in [9.17, 15) is 0 Å². The highest BCUT2D eigenvalue weighted by Crippen LogP contribution is 2.07. The smallest absolute Gasteiger partial charge is 0.129 e. The van der Waals surface area contributed by atoms with Crippen molar-refractivity contribution >= 4 is 5.71 Å². The predicted octanol–water partition coefficient (Wildman–Crippen LogP) is 2.27. The average molecular weight is 161 g/mol. The van der Waals surface area contributed by atoms with Gasteiger partial charge in [-0.05, 0) is 18.2 Å². The number of benzene rings is 1. The molecule has 0 heterocycles. The molecule has 0 radical (unpaired) electrons. The van der Waals surface area contributed by atoms with Crippen LogP contribution in [0.2, 0.25) is 0 Å². The molecule has 1 aromatic rings. The summed E-state index contributed by atoms with van der Waals surface area (Å²) in [5, 5.41) is 7.24. The summed E-state index contributed by atoms with van der Waals surface area (Å²) in [5.74, 6) is 0.782. The Bertz CT molecular complexity index is 266. The van der Waals surface area contributed by atoms with Gasteiger partial charge in [0.1, 0.15) is 12.4 Å². The van der Waals surface area contributed by atoms with Gasteiger partial charge in [0, 0.05) is 0 Å². The Balaban J connectivity index is 2.43. The summed E-state index contributed by atoms with van der Waals surface area (Å²) in [6.45, 7) is 3.75. The molecule has 0 aromatic heterocycles. The number of para-hydroxylation sites is 1. The first-order chi connectivity index (χ1) is 5.83. The van der Waals surface area contributed by atoms with Gasteiger partial charge in [0.2, 0.25) is 0 Å². The summed E-state index contributed by atoms with van der Waals surface area (Å²) in [4.78, 5) is 0. The van der Waals surface area contributed by atoms with Crippen LogP contribution >= 0.6 is 0 Å². The Morgan fingerprint density at radius 1 is 1.42 bits per heavy atom. The second-order valence-corrected chi connectivity index (χ2v) is 2.33. The van der Waals surface area contributed by atoms with Crippen LogP contribution in [-0.2, 0) is 0 Å². The molecule has 0 fully saturated rings. The summed E-state index contributed by atoms with van der Waals surface area (Å²) < 4.78 is 5.26. The first-order valence-electron chi connectivity index (χ1n) is 3.70. The van der Waals surface area contributed by atoms with E-state index >= 15 is 0 Å². The lowest BCUT2D eigenvalue weighted by atomic mass is 10.3. The molecule has 0 aliphatic carbocycles. The largest absolute Gasteiger partial charge is 0.487 e. The van der Waals surface area contributed by atoms with Gasteiger partial charge in [0.05, 0.1) is 5.71 Å². The average Bonchev–Trinajstić information content (AvgIpc) is 2.16. The fourth-order valence-electron chi connectivity index (χ4n) is 0.737. The maximum absolute atomic E-state index is 7.24. The van der Waals surface area contributed by atoms with Crippen molar-refractivity contribution in [2.24, 2.45) is 0 Å². The van der Waals surface area contributed by atoms with Crippen LogP contribution in [0.1, 0.15) is 0 Å². The van der Waals surface area contributed by atoms with Gasteiger partial charge < -0.3 is 10.1 Å². The van der Waals surface area contributed by atoms with E-state index in [0.717, 1.165) is 5.75 Å². The third-order valence-electron chi connectivity index (χ3n) is 1.38. The zero-order valence-corrected chi connectivity index (χ0v) is 6.79. The van der Waals surface area contributed by atoms with E-state index in [1.54, 1.807) is 0 Å². The Hall–Kier alpha value is -1.57. The standard InChI is InChI=1S/C10H11NO/c1-2-9(11)8-12-10-6-4-3-5-7-10/h2-7,11H,1,8H2. The van der Waals surface area contributed by atoms with Crippen molar-refractivity contribution in [1.29, 1.82) is 5.41 Å². The second kappa shape index (κ2) is 4.34. The first kappa shape index (κ1) is 8.53. The molecular weight excluding hydrogens is 150 g/mol. The molecule has 2 nitrogen and oxygen atoms in total. The van der Waals surface area contributed by atoms with Gasteiger partial charge in [-0.25, -0.2) is 0 Å². The fourth-order valence-corrected chi connectivity index (χ4v) is 0.737. The van der Waals surface area contributed by atoms with E-state index in [2.05, 4.69) is 6.58 Å². The molecule has 2 heteroatoms. The van der Waals surface area contributed by atoms with Gasteiger partial charge in [0.25, 0.3) is 0 Å². The molecule has 62 valence electrons. The Kier molecular flexibility index (Phi) is 3.08. The molecule has 0 spiro atoms. The molecule has 0 aliphatic rings. The van der Waals surface area contributed by atoms with Crippen molar-refractivity contribution < 1.29 is 4.74 Å². The molecule has 12 heavy (non-hydrogen) atoms. The van der Waals surface area contributed by atoms with Crippen molar-refractivity contribution in [3.05, 3.63) is 43.0 Å². The van der Waals surface area contributed by atoms with E-state index in [-0.39, 0.29) is 6.61 Å². The molecule has 1 rings (SSSR count). The normalized spacial score (nSPS) is 9.00. The Morgan fingerprint density at radius 2 is 2.08 bits per heavy atom. The minimum Gasteiger partial charge on any atom is -0.487 e. The maximum Gasteiger partial charge on any atom is 0.129 e. The number of nitrogens with one attached hydrogen (secondary N) is 1. The van der Waals surface area contributed by atoms with E-state index in [1.165, 1.54) is 6.08 Å². The van der Waals surface area contributed by atoms with E-state index in [4.69, 9.17) is 10.1 Å². The quantitative estimate of drug-likeness (QED) is 0.675. The lowest BCUT2D eigenvalue weighted by Gasteiger charge is -2.03. The molecule has 1 N–H and O–H groups in total. The molecule has 0 unspecified atom stereocenters. The van der Waals surface area contributed by atoms with Crippen LogP contribution < -0.4 is 4.74 Å². The van der Waals surface area contributed by atoms with E-state index in [0.29, 0.717) is 5.71 Å². The van der Waals surface area contributed by atoms with Crippen molar-refractivity contribution in [3.8, 4) is 5.75 Å². The molecule has 1 aromatic carbocycles. The Morgan fingerprint density at radius 3 is 2.67 bits per heavy atom. The lowest BCUT2D eigenvalue weighted by molar-refractivity contribution is 0.376. The summed E-state index contributed by atoms with van der Waals surface area (Å²) in [7, 11) is 0. The number of hydrogen-bond donors (Lipinski definition) is 1. The third-order valence-corrected chi connectivity index (χ3v) is 1.38. The highest BCUT2D eigenvalue weighted by atomic mass is 16.5. The van der Waals surface area contributed by atoms with Crippen LogP contribution in [0.25, 0.3) is 0 Å². The van der Waals surface area contributed by atoms with Crippen molar-refractivity contribution in [3.63, 3.8) is 0 Å². The lowest BCUT2D eigenvalue weighted by Crippen LogP contribution is -2.06. The molecule has 0 aliphatic heterocycles. The monoisotopic (exact) mass is 161 g/mol. The van der Waals surface area contributed by atoms with Crippen LogP contribution in [0.3, 0.4) is 0 Å². The number of rotatable bonds is 4. The summed E-state index contributed by atoms with van der Waals surface area (Å²) in [6, 6.07) is 9.43. The van der Waals surface area contributed by atoms with Gasteiger partial charge in [-0.2, -0.15) is 0 Å². The topological polar surface area (TPSA) is 33.1 Å². The van der Waals surface area contributed by atoms with Crippen LogP contribution in [-0.4, -0.2) is 12.3 Å². The summed E-state index contributed by atoms with van der Waals surface area (Å²) in [6.07, 6.45) is 1.48. The van der Waals surface area contributed by atoms with Gasteiger partial charge in [-0.3, -0.25) is 0 Å². The Labute approximate surface area is 72.0 Å². The summed E-state index contributed by atoms with van der Waals surface area (Å²) in [5.41, 5.74) is 0.388. The zero-order valence-electron chi connectivity index (χ0n) is 6.79. The maximum atomic E-state index is 7.24. The molecule has 0 atom stereocenters.